The third-order valence-corrected chi connectivity index (χ3v) is 5.80. The minimum Gasteiger partial charge on any atom is -0.493 e. The lowest BCUT2D eigenvalue weighted by Gasteiger charge is -2.35. The molecule has 140 valence electrons. The molecule has 0 bridgehead atoms. The van der Waals surface area contributed by atoms with Crippen LogP contribution in [0.4, 0.5) is 5.69 Å². The van der Waals surface area contributed by atoms with E-state index in [1.54, 1.807) is 26.4 Å². The maximum Gasteiger partial charge on any atom is 0.269 e. The highest BCUT2D eigenvalue weighted by atomic mass is 16.6. The molecule has 1 saturated carbocycles. The fourth-order valence-corrected chi connectivity index (χ4v) is 4.38. The van der Waals surface area contributed by atoms with E-state index in [2.05, 4.69) is 6.07 Å². The SMILES string of the molecule is COc1cc2c(cc1OC)C1(CCCC1)CN=C2c1ccc([N+](=O)[O-])cc1. The number of fused-ring (bicyclic) bond motifs is 2. The summed E-state index contributed by atoms with van der Waals surface area (Å²) >= 11 is 0. The first-order valence-corrected chi connectivity index (χ1v) is 9.14. The smallest absolute Gasteiger partial charge is 0.269 e. The Balaban J connectivity index is 1.86. The van der Waals surface area contributed by atoms with Gasteiger partial charge in [0.2, 0.25) is 0 Å². The maximum atomic E-state index is 11.0. The number of non-ortho nitro benzene ring substituents is 1. The van der Waals surface area contributed by atoms with Gasteiger partial charge in [-0.3, -0.25) is 15.1 Å². The lowest BCUT2D eigenvalue weighted by molar-refractivity contribution is -0.384. The van der Waals surface area contributed by atoms with Gasteiger partial charge in [0.1, 0.15) is 0 Å². The molecular formula is C21H22N2O4. The molecule has 1 heterocycles. The minimum absolute atomic E-state index is 0.0547. The first-order chi connectivity index (χ1) is 13.1. The Bertz CT molecular complexity index is 913. The van der Waals surface area contributed by atoms with Crippen LogP contribution in [0.5, 0.6) is 11.5 Å². The number of benzene rings is 2. The molecule has 0 N–H and O–H groups in total. The van der Waals surface area contributed by atoms with Crippen LogP contribution < -0.4 is 9.47 Å². The van der Waals surface area contributed by atoms with Crippen molar-refractivity contribution in [1.29, 1.82) is 0 Å². The molecule has 0 saturated heterocycles. The van der Waals surface area contributed by atoms with Crippen molar-refractivity contribution in [3.05, 3.63) is 63.2 Å². The Morgan fingerprint density at radius 2 is 1.67 bits per heavy atom. The van der Waals surface area contributed by atoms with Gasteiger partial charge in [-0.1, -0.05) is 12.8 Å². The zero-order valence-electron chi connectivity index (χ0n) is 15.5. The summed E-state index contributed by atoms with van der Waals surface area (Å²) in [6.45, 7) is 0.738. The average Bonchev–Trinajstić information content (AvgIpc) is 3.17. The zero-order chi connectivity index (χ0) is 19.0. The number of nitro groups is 1. The first kappa shape index (κ1) is 17.5. The van der Waals surface area contributed by atoms with E-state index in [0.29, 0.717) is 5.75 Å². The Hall–Kier alpha value is -2.89. The number of ether oxygens (including phenoxy) is 2. The second-order valence-electron chi connectivity index (χ2n) is 7.21. The molecule has 6 heteroatoms. The van der Waals surface area contributed by atoms with Crippen LogP contribution in [0, 0.1) is 10.1 Å². The monoisotopic (exact) mass is 366 g/mol. The van der Waals surface area contributed by atoms with Crippen molar-refractivity contribution in [2.75, 3.05) is 20.8 Å². The van der Waals surface area contributed by atoms with Gasteiger partial charge in [0.15, 0.2) is 11.5 Å². The molecule has 2 aliphatic rings. The standard InChI is InChI=1S/C21H22N2O4/c1-26-18-11-16-17(12-19(18)27-2)21(9-3-4-10-21)13-22-20(16)14-5-7-15(8-6-14)23(24)25/h5-8,11-12H,3-4,9-10,13H2,1-2H3. The predicted octanol–water partition coefficient (Wildman–Crippen LogP) is 4.27. The minimum atomic E-state index is -0.387. The molecule has 0 atom stereocenters. The summed E-state index contributed by atoms with van der Waals surface area (Å²) in [5.74, 6) is 1.40. The third kappa shape index (κ3) is 2.85. The number of rotatable bonds is 4. The van der Waals surface area contributed by atoms with Gasteiger partial charge in [-0.05, 0) is 42.7 Å². The van der Waals surface area contributed by atoms with Crippen LogP contribution in [0.3, 0.4) is 0 Å². The van der Waals surface area contributed by atoms with Crippen LogP contribution in [0.15, 0.2) is 41.4 Å². The number of nitro benzene ring substituents is 1. The Kier molecular flexibility index (Phi) is 4.34. The highest BCUT2D eigenvalue weighted by Gasteiger charge is 2.41. The Morgan fingerprint density at radius 3 is 2.26 bits per heavy atom. The first-order valence-electron chi connectivity index (χ1n) is 9.14. The summed E-state index contributed by atoms with van der Waals surface area (Å²) in [5, 5.41) is 11.0. The van der Waals surface area contributed by atoms with Gasteiger partial charge in [0.25, 0.3) is 5.69 Å². The summed E-state index contributed by atoms with van der Waals surface area (Å²) < 4.78 is 11.1. The van der Waals surface area contributed by atoms with Crippen molar-refractivity contribution >= 4 is 11.4 Å². The molecule has 1 spiro atoms. The van der Waals surface area contributed by atoms with Gasteiger partial charge >= 0.3 is 0 Å². The van der Waals surface area contributed by atoms with Crippen LogP contribution in [0.2, 0.25) is 0 Å². The molecule has 2 aromatic carbocycles. The van der Waals surface area contributed by atoms with Gasteiger partial charge in [-0.2, -0.15) is 0 Å². The van der Waals surface area contributed by atoms with Gasteiger partial charge in [-0.15, -0.1) is 0 Å². The number of nitrogens with zero attached hydrogens (tertiary/aromatic N) is 2. The van der Waals surface area contributed by atoms with Gasteiger partial charge in [0, 0.05) is 35.2 Å². The van der Waals surface area contributed by atoms with E-state index in [1.165, 1.54) is 30.5 Å². The molecule has 4 rings (SSSR count). The quantitative estimate of drug-likeness (QED) is 0.598. The van der Waals surface area contributed by atoms with Crippen molar-refractivity contribution in [3.8, 4) is 11.5 Å². The van der Waals surface area contributed by atoms with Crippen LogP contribution in [0.25, 0.3) is 0 Å². The summed E-state index contributed by atoms with van der Waals surface area (Å²) in [6.07, 6.45) is 4.64. The fraction of sp³-hybridized carbons (Fsp3) is 0.381. The van der Waals surface area contributed by atoms with Crippen LogP contribution in [-0.2, 0) is 5.41 Å². The summed E-state index contributed by atoms with van der Waals surface area (Å²) in [6, 6.07) is 10.7. The second-order valence-corrected chi connectivity index (χ2v) is 7.21. The Labute approximate surface area is 158 Å². The molecular weight excluding hydrogens is 344 g/mol. The van der Waals surface area contributed by atoms with E-state index in [1.807, 2.05) is 6.07 Å². The summed E-state index contributed by atoms with van der Waals surface area (Å²) in [5.41, 5.74) is 4.16. The fourth-order valence-electron chi connectivity index (χ4n) is 4.38. The van der Waals surface area contributed by atoms with Crippen molar-refractivity contribution in [3.63, 3.8) is 0 Å². The second kappa shape index (κ2) is 6.68. The number of hydrogen-bond acceptors (Lipinski definition) is 5. The van der Waals surface area contributed by atoms with E-state index in [0.717, 1.165) is 42.0 Å². The molecule has 2 aromatic rings. The molecule has 1 aliphatic carbocycles. The topological polar surface area (TPSA) is 74.0 Å². The molecule has 6 nitrogen and oxygen atoms in total. The van der Waals surface area contributed by atoms with Crippen LogP contribution >= 0.6 is 0 Å². The maximum absolute atomic E-state index is 11.0. The largest absolute Gasteiger partial charge is 0.493 e. The highest BCUT2D eigenvalue weighted by Crippen LogP contribution is 2.48. The molecule has 0 unspecified atom stereocenters. The third-order valence-electron chi connectivity index (χ3n) is 5.80. The van der Waals surface area contributed by atoms with Crippen molar-refractivity contribution in [2.45, 2.75) is 31.1 Å². The summed E-state index contributed by atoms with van der Waals surface area (Å²) in [7, 11) is 3.28. The number of methoxy groups -OCH3 is 2. The molecule has 1 fully saturated rings. The van der Waals surface area contributed by atoms with E-state index in [9.17, 15) is 10.1 Å². The summed E-state index contributed by atoms with van der Waals surface area (Å²) in [4.78, 5) is 15.5. The van der Waals surface area contributed by atoms with Crippen LogP contribution in [0.1, 0.15) is 42.4 Å². The van der Waals surface area contributed by atoms with E-state index < -0.39 is 0 Å². The molecule has 0 amide bonds. The van der Waals surface area contributed by atoms with Gasteiger partial charge in [0.05, 0.1) is 24.9 Å². The van der Waals surface area contributed by atoms with E-state index in [-0.39, 0.29) is 16.0 Å². The lowest BCUT2D eigenvalue weighted by atomic mass is 9.73. The predicted molar refractivity (Wildman–Crippen MR) is 103 cm³/mol. The van der Waals surface area contributed by atoms with Gasteiger partial charge < -0.3 is 9.47 Å². The molecule has 0 radical (unpaired) electrons. The average molecular weight is 366 g/mol. The molecule has 27 heavy (non-hydrogen) atoms. The number of aliphatic imine (C=N–C) groups is 1. The van der Waals surface area contributed by atoms with Crippen molar-refractivity contribution in [2.24, 2.45) is 4.99 Å². The number of hydrogen-bond donors (Lipinski definition) is 0. The lowest BCUT2D eigenvalue weighted by Crippen LogP contribution is -2.33. The molecule has 0 aromatic heterocycles. The van der Waals surface area contributed by atoms with Gasteiger partial charge in [-0.25, -0.2) is 0 Å². The molecule has 1 aliphatic heterocycles. The van der Waals surface area contributed by atoms with E-state index >= 15 is 0 Å². The zero-order valence-corrected chi connectivity index (χ0v) is 15.5. The Morgan fingerprint density at radius 1 is 1.04 bits per heavy atom. The van der Waals surface area contributed by atoms with Crippen molar-refractivity contribution in [1.82, 2.24) is 0 Å². The van der Waals surface area contributed by atoms with Crippen LogP contribution in [-0.4, -0.2) is 31.4 Å². The normalized spacial score (nSPS) is 17.3. The van der Waals surface area contributed by atoms with E-state index in [4.69, 9.17) is 14.5 Å². The highest BCUT2D eigenvalue weighted by molar-refractivity contribution is 6.15. The van der Waals surface area contributed by atoms with Crippen molar-refractivity contribution < 1.29 is 14.4 Å².